The van der Waals surface area contributed by atoms with Crippen LogP contribution in [-0.4, -0.2) is 10.8 Å². The highest BCUT2D eigenvalue weighted by Crippen LogP contribution is 2.34. The average molecular weight is 328 g/mol. The van der Waals surface area contributed by atoms with Crippen molar-refractivity contribution >= 4 is 33.0 Å². The summed E-state index contributed by atoms with van der Waals surface area (Å²) < 4.78 is 13.0. The van der Waals surface area contributed by atoms with Gasteiger partial charge in [-0.05, 0) is 49.2 Å². The maximum Gasteiger partial charge on any atom is 0.205 e. The fourth-order valence-electron chi connectivity index (χ4n) is 2.43. The predicted octanol–water partition coefficient (Wildman–Crippen LogP) is 4.59. The Kier molecular flexibility index (Phi) is 4.39. The number of ketones is 1. The minimum atomic E-state index is -0.368. The SMILES string of the molecule is CCCCc1ccc2c(N)c(C(=O)c3ccc(F)cc3)sc2n1. The number of carbonyl (C=O) groups is 1. The number of rotatable bonds is 5. The van der Waals surface area contributed by atoms with Crippen molar-refractivity contribution < 1.29 is 9.18 Å². The molecule has 0 amide bonds. The van der Waals surface area contributed by atoms with E-state index in [4.69, 9.17) is 5.73 Å². The van der Waals surface area contributed by atoms with Crippen molar-refractivity contribution in [3.8, 4) is 0 Å². The number of nitrogens with two attached hydrogens (primary N) is 1. The van der Waals surface area contributed by atoms with E-state index >= 15 is 0 Å². The third-order valence-electron chi connectivity index (χ3n) is 3.75. The van der Waals surface area contributed by atoms with E-state index in [1.165, 1.54) is 35.6 Å². The molecule has 23 heavy (non-hydrogen) atoms. The molecule has 0 spiro atoms. The second-order valence-electron chi connectivity index (χ2n) is 5.44. The number of carbonyl (C=O) groups excluding carboxylic acids is 1. The molecule has 0 saturated carbocycles. The number of unbranched alkanes of at least 4 members (excludes halogenated alkanes) is 1. The highest BCUT2D eigenvalue weighted by molar-refractivity contribution is 7.21. The molecule has 118 valence electrons. The number of fused-ring (bicyclic) bond motifs is 1. The zero-order valence-electron chi connectivity index (χ0n) is 12.8. The lowest BCUT2D eigenvalue weighted by Crippen LogP contribution is -2.02. The van der Waals surface area contributed by atoms with Gasteiger partial charge in [0.2, 0.25) is 5.78 Å². The Labute approximate surface area is 138 Å². The summed E-state index contributed by atoms with van der Waals surface area (Å²) >= 11 is 1.30. The standard InChI is InChI=1S/C18H17FN2OS/c1-2-3-4-13-9-10-14-15(20)17(23-18(14)21-13)16(22)11-5-7-12(19)8-6-11/h5-10H,2-4,20H2,1H3. The molecule has 5 heteroatoms. The molecule has 0 aliphatic carbocycles. The summed E-state index contributed by atoms with van der Waals surface area (Å²) in [5.41, 5.74) is 8.03. The van der Waals surface area contributed by atoms with Gasteiger partial charge in [-0.3, -0.25) is 4.79 Å². The summed E-state index contributed by atoms with van der Waals surface area (Å²) in [4.78, 5) is 18.4. The summed E-state index contributed by atoms with van der Waals surface area (Å²) in [6, 6.07) is 9.40. The Morgan fingerprint density at radius 2 is 1.96 bits per heavy atom. The molecule has 1 aromatic carbocycles. The van der Waals surface area contributed by atoms with Crippen LogP contribution in [0.5, 0.6) is 0 Å². The number of nitrogen functional groups attached to an aromatic ring is 1. The third kappa shape index (κ3) is 3.10. The molecule has 0 unspecified atom stereocenters. The zero-order valence-corrected chi connectivity index (χ0v) is 13.6. The van der Waals surface area contributed by atoms with Gasteiger partial charge in [-0.25, -0.2) is 9.37 Å². The van der Waals surface area contributed by atoms with E-state index in [2.05, 4.69) is 11.9 Å². The van der Waals surface area contributed by atoms with Crippen molar-refractivity contribution in [2.75, 3.05) is 5.73 Å². The molecule has 3 rings (SSSR count). The quantitative estimate of drug-likeness (QED) is 0.697. The fourth-order valence-corrected chi connectivity index (χ4v) is 3.51. The Balaban J connectivity index is 1.99. The van der Waals surface area contributed by atoms with Crippen LogP contribution < -0.4 is 5.73 Å². The fraction of sp³-hybridized carbons (Fsp3) is 0.222. The first kappa shape index (κ1) is 15.6. The van der Waals surface area contributed by atoms with E-state index in [9.17, 15) is 9.18 Å². The highest BCUT2D eigenvalue weighted by atomic mass is 32.1. The van der Waals surface area contributed by atoms with Gasteiger partial charge in [0.1, 0.15) is 15.5 Å². The molecule has 0 saturated heterocycles. The molecule has 0 radical (unpaired) electrons. The minimum Gasteiger partial charge on any atom is -0.397 e. The van der Waals surface area contributed by atoms with Crippen molar-refractivity contribution in [3.63, 3.8) is 0 Å². The van der Waals surface area contributed by atoms with Crippen LogP contribution in [0.3, 0.4) is 0 Å². The average Bonchev–Trinajstić information content (AvgIpc) is 2.89. The number of thiophene rings is 1. The molecule has 3 nitrogen and oxygen atoms in total. The van der Waals surface area contributed by atoms with Crippen LogP contribution in [-0.2, 0) is 6.42 Å². The van der Waals surface area contributed by atoms with Gasteiger partial charge in [-0.15, -0.1) is 11.3 Å². The van der Waals surface area contributed by atoms with Crippen molar-refractivity contribution in [3.05, 3.63) is 58.3 Å². The first-order valence-corrected chi connectivity index (χ1v) is 8.40. The number of anilines is 1. The molecular formula is C18H17FN2OS. The van der Waals surface area contributed by atoms with Gasteiger partial charge in [-0.1, -0.05) is 13.3 Å². The van der Waals surface area contributed by atoms with E-state index in [1.54, 1.807) is 0 Å². The molecule has 0 fully saturated rings. The van der Waals surface area contributed by atoms with E-state index in [1.807, 2.05) is 12.1 Å². The van der Waals surface area contributed by atoms with Crippen LogP contribution in [0.4, 0.5) is 10.1 Å². The Hall–Kier alpha value is -2.27. The Bertz CT molecular complexity index is 855. The number of nitrogens with zero attached hydrogens (tertiary/aromatic N) is 1. The zero-order chi connectivity index (χ0) is 16.4. The summed E-state index contributed by atoms with van der Waals surface area (Å²) in [5, 5.41) is 0.806. The summed E-state index contributed by atoms with van der Waals surface area (Å²) in [7, 11) is 0. The summed E-state index contributed by atoms with van der Waals surface area (Å²) in [5.74, 6) is -0.561. The van der Waals surface area contributed by atoms with Crippen LogP contribution in [0.2, 0.25) is 0 Å². The molecule has 0 bridgehead atoms. The van der Waals surface area contributed by atoms with Crippen LogP contribution in [0.25, 0.3) is 10.2 Å². The lowest BCUT2D eigenvalue weighted by atomic mass is 10.1. The number of benzene rings is 1. The van der Waals surface area contributed by atoms with E-state index in [-0.39, 0.29) is 11.6 Å². The van der Waals surface area contributed by atoms with Gasteiger partial charge in [0.25, 0.3) is 0 Å². The lowest BCUT2D eigenvalue weighted by Gasteiger charge is -2.00. The van der Waals surface area contributed by atoms with E-state index in [0.29, 0.717) is 16.1 Å². The molecule has 0 aliphatic heterocycles. The number of aromatic nitrogens is 1. The van der Waals surface area contributed by atoms with Crippen LogP contribution in [0.15, 0.2) is 36.4 Å². The van der Waals surface area contributed by atoms with Crippen LogP contribution in [0.1, 0.15) is 40.7 Å². The van der Waals surface area contributed by atoms with E-state index in [0.717, 1.165) is 35.2 Å². The smallest absolute Gasteiger partial charge is 0.205 e. The van der Waals surface area contributed by atoms with Crippen molar-refractivity contribution in [1.82, 2.24) is 4.98 Å². The van der Waals surface area contributed by atoms with Crippen molar-refractivity contribution in [2.24, 2.45) is 0 Å². The number of aryl methyl sites for hydroxylation is 1. The largest absolute Gasteiger partial charge is 0.397 e. The van der Waals surface area contributed by atoms with E-state index < -0.39 is 0 Å². The Morgan fingerprint density at radius 3 is 2.65 bits per heavy atom. The number of pyridine rings is 1. The van der Waals surface area contributed by atoms with Crippen LogP contribution in [0, 0.1) is 5.82 Å². The first-order valence-electron chi connectivity index (χ1n) is 7.58. The molecule has 2 N–H and O–H groups in total. The maximum atomic E-state index is 13.0. The van der Waals surface area contributed by atoms with Gasteiger partial charge in [0, 0.05) is 16.6 Å². The predicted molar refractivity (Wildman–Crippen MR) is 92.5 cm³/mol. The normalized spacial score (nSPS) is 11.0. The van der Waals surface area contributed by atoms with Crippen molar-refractivity contribution in [2.45, 2.75) is 26.2 Å². The number of hydrogen-bond donors (Lipinski definition) is 1. The molecule has 0 aliphatic rings. The highest BCUT2D eigenvalue weighted by Gasteiger charge is 2.19. The number of hydrogen-bond acceptors (Lipinski definition) is 4. The topological polar surface area (TPSA) is 56.0 Å². The monoisotopic (exact) mass is 328 g/mol. The third-order valence-corrected chi connectivity index (χ3v) is 4.86. The van der Waals surface area contributed by atoms with Crippen molar-refractivity contribution in [1.29, 1.82) is 0 Å². The molecule has 0 atom stereocenters. The molecular weight excluding hydrogens is 311 g/mol. The number of halogens is 1. The summed E-state index contributed by atoms with van der Waals surface area (Å²) in [6.45, 7) is 2.14. The van der Waals surface area contributed by atoms with Gasteiger partial charge in [0.15, 0.2) is 0 Å². The summed E-state index contributed by atoms with van der Waals surface area (Å²) in [6.07, 6.45) is 3.12. The van der Waals surface area contributed by atoms with Gasteiger partial charge < -0.3 is 5.73 Å². The lowest BCUT2D eigenvalue weighted by molar-refractivity contribution is 0.104. The first-order chi connectivity index (χ1) is 11.1. The molecule has 2 heterocycles. The van der Waals surface area contributed by atoms with Gasteiger partial charge in [0.05, 0.1) is 5.69 Å². The maximum absolute atomic E-state index is 13.0. The second-order valence-corrected chi connectivity index (χ2v) is 6.44. The molecule has 3 aromatic rings. The molecule has 2 aromatic heterocycles. The van der Waals surface area contributed by atoms with Gasteiger partial charge in [-0.2, -0.15) is 0 Å². The minimum absolute atomic E-state index is 0.194. The Morgan fingerprint density at radius 1 is 1.22 bits per heavy atom. The van der Waals surface area contributed by atoms with Gasteiger partial charge >= 0.3 is 0 Å². The van der Waals surface area contributed by atoms with Crippen LogP contribution >= 0.6 is 11.3 Å². The second kappa shape index (κ2) is 6.46.